The summed E-state index contributed by atoms with van der Waals surface area (Å²) in [6, 6.07) is 5.71. The summed E-state index contributed by atoms with van der Waals surface area (Å²) in [4.78, 5) is 0. The highest BCUT2D eigenvalue weighted by Gasteiger charge is 2.37. The Kier molecular flexibility index (Phi) is 5.16. The van der Waals surface area contributed by atoms with Crippen molar-refractivity contribution in [3.63, 3.8) is 0 Å². The fourth-order valence-electron chi connectivity index (χ4n) is 3.49. The standard InChI is InChI=1S/C18H26ClNO3/c1-18(2,21)11-23-16-5-3-4-12(17(16)19)10-22-15-6-13-8-20-9-14(13)7-15/h3-5,13-15,20-21H,6-11H2,1-2H3/t13-,14+,15+. The molecule has 0 spiro atoms. The Morgan fingerprint density at radius 2 is 1.96 bits per heavy atom. The SMILES string of the molecule is CC(C)(O)COc1cccc(CO[C@@H]2C[C@H]3CNC[C@H]3C2)c1Cl. The number of halogens is 1. The summed E-state index contributed by atoms with van der Waals surface area (Å²) in [5, 5.41) is 13.8. The van der Waals surface area contributed by atoms with Crippen molar-refractivity contribution < 1.29 is 14.6 Å². The van der Waals surface area contributed by atoms with Crippen LogP contribution in [-0.2, 0) is 11.3 Å². The van der Waals surface area contributed by atoms with E-state index in [9.17, 15) is 5.11 Å². The van der Waals surface area contributed by atoms with E-state index in [-0.39, 0.29) is 6.61 Å². The van der Waals surface area contributed by atoms with Crippen LogP contribution in [0.25, 0.3) is 0 Å². The molecule has 1 saturated heterocycles. The third-order valence-electron chi connectivity index (χ3n) is 4.71. The first-order valence-corrected chi connectivity index (χ1v) is 8.75. The third-order valence-corrected chi connectivity index (χ3v) is 5.14. The quantitative estimate of drug-likeness (QED) is 0.836. The van der Waals surface area contributed by atoms with Crippen LogP contribution in [0.4, 0.5) is 0 Å². The van der Waals surface area contributed by atoms with E-state index in [1.165, 1.54) is 0 Å². The Labute approximate surface area is 143 Å². The van der Waals surface area contributed by atoms with Gasteiger partial charge in [-0.15, -0.1) is 0 Å². The Morgan fingerprint density at radius 3 is 2.61 bits per heavy atom. The fourth-order valence-corrected chi connectivity index (χ4v) is 3.72. The molecule has 5 heteroatoms. The van der Waals surface area contributed by atoms with E-state index >= 15 is 0 Å². The summed E-state index contributed by atoms with van der Waals surface area (Å²) >= 11 is 6.42. The summed E-state index contributed by atoms with van der Waals surface area (Å²) in [7, 11) is 0. The molecular formula is C18H26ClNO3. The second kappa shape index (κ2) is 6.98. The number of rotatable bonds is 6. The van der Waals surface area contributed by atoms with E-state index in [0.717, 1.165) is 43.3 Å². The second-order valence-corrected chi connectivity index (χ2v) is 7.79. The van der Waals surface area contributed by atoms with E-state index in [4.69, 9.17) is 21.1 Å². The van der Waals surface area contributed by atoms with Gasteiger partial charge in [0.05, 0.1) is 23.3 Å². The predicted octanol–water partition coefficient (Wildman–Crippen LogP) is 3.00. The van der Waals surface area contributed by atoms with Crippen LogP contribution in [0.3, 0.4) is 0 Å². The molecule has 4 nitrogen and oxygen atoms in total. The van der Waals surface area contributed by atoms with Gasteiger partial charge in [-0.2, -0.15) is 0 Å². The van der Waals surface area contributed by atoms with Crippen LogP contribution in [0.15, 0.2) is 18.2 Å². The summed E-state index contributed by atoms with van der Waals surface area (Å²) in [6.07, 6.45) is 2.62. The molecule has 1 aliphatic carbocycles. The van der Waals surface area contributed by atoms with Crippen molar-refractivity contribution in [2.24, 2.45) is 11.8 Å². The highest BCUT2D eigenvalue weighted by molar-refractivity contribution is 6.32. The number of hydrogen-bond donors (Lipinski definition) is 2. The highest BCUT2D eigenvalue weighted by Crippen LogP contribution is 2.37. The summed E-state index contributed by atoms with van der Waals surface area (Å²) in [5.41, 5.74) is 0.0565. The number of aliphatic hydroxyl groups is 1. The van der Waals surface area contributed by atoms with Crippen molar-refractivity contribution >= 4 is 11.6 Å². The summed E-state index contributed by atoms with van der Waals surface area (Å²) in [6.45, 7) is 6.39. The number of fused-ring (bicyclic) bond motifs is 1. The van der Waals surface area contributed by atoms with E-state index in [1.807, 2.05) is 18.2 Å². The van der Waals surface area contributed by atoms with Gasteiger partial charge < -0.3 is 19.9 Å². The first kappa shape index (κ1) is 17.0. The molecule has 3 atom stereocenters. The smallest absolute Gasteiger partial charge is 0.138 e. The zero-order valence-electron chi connectivity index (χ0n) is 13.8. The Balaban J connectivity index is 1.56. The first-order valence-electron chi connectivity index (χ1n) is 8.37. The minimum atomic E-state index is -0.883. The second-order valence-electron chi connectivity index (χ2n) is 7.41. The van der Waals surface area contributed by atoms with Gasteiger partial charge in [0.1, 0.15) is 12.4 Å². The van der Waals surface area contributed by atoms with E-state index < -0.39 is 5.60 Å². The molecule has 1 saturated carbocycles. The molecule has 128 valence electrons. The van der Waals surface area contributed by atoms with Gasteiger partial charge in [-0.1, -0.05) is 23.7 Å². The average molecular weight is 340 g/mol. The monoisotopic (exact) mass is 339 g/mol. The lowest BCUT2D eigenvalue weighted by Crippen LogP contribution is -2.28. The van der Waals surface area contributed by atoms with Crippen LogP contribution in [0.2, 0.25) is 5.02 Å². The number of benzene rings is 1. The third kappa shape index (κ3) is 4.38. The number of ether oxygens (including phenoxy) is 2. The first-order chi connectivity index (χ1) is 10.9. The van der Waals surface area contributed by atoms with Crippen molar-refractivity contribution in [2.45, 2.75) is 45.0 Å². The maximum atomic E-state index is 9.77. The van der Waals surface area contributed by atoms with Gasteiger partial charge in [-0.25, -0.2) is 0 Å². The normalized spacial score (nSPS) is 27.2. The Morgan fingerprint density at radius 1 is 1.26 bits per heavy atom. The van der Waals surface area contributed by atoms with E-state index in [0.29, 0.717) is 23.5 Å². The molecule has 1 aromatic rings. The van der Waals surface area contributed by atoms with Gasteiger partial charge in [-0.3, -0.25) is 0 Å². The van der Waals surface area contributed by atoms with Crippen LogP contribution in [-0.4, -0.2) is 36.5 Å². The lowest BCUT2D eigenvalue weighted by Gasteiger charge is -2.19. The fraction of sp³-hybridized carbons (Fsp3) is 0.667. The molecule has 0 unspecified atom stereocenters. The molecule has 0 radical (unpaired) electrons. The molecular weight excluding hydrogens is 314 g/mol. The number of hydrogen-bond acceptors (Lipinski definition) is 4. The molecule has 1 heterocycles. The summed E-state index contributed by atoms with van der Waals surface area (Å²) in [5.74, 6) is 2.15. The molecule has 0 aromatic heterocycles. The molecule has 0 bridgehead atoms. The zero-order chi connectivity index (χ0) is 16.4. The lowest BCUT2D eigenvalue weighted by atomic mass is 10.0. The van der Waals surface area contributed by atoms with Crippen molar-refractivity contribution in [1.29, 1.82) is 0 Å². The minimum absolute atomic E-state index is 0.204. The maximum absolute atomic E-state index is 9.77. The average Bonchev–Trinajstić information content (AvgIpc) is 3.05. The lowest BCUT2D eigenvalue weighted by molar-refractivity contribution is 0.0280. The van der Waals surface area contributed by atoms with Crippen LogP contribution in [0.1, 0.15) is 32.3 Å². The molecule has 2 fully saturated rings. The Hall–Kier alpha value is -0.810. The highest BCUT2D eigenvalue weighted by atomic mass is 35.5. The van der Waals surface area contributed by atoms with Gasteiger partial charge in [0, 0.05) is 5.56 Å². The zero-order valence-corrected chi connectivity index (χ0v) is 14.6. The van der Waals surface area contributed by atoms with Gasteiger partial charge >= 0.3 is 0 Å². The van der Waals surface area contributed by atoms with Crippen LogP contribution in [0.5, 0.6) is 5.75 Å². The Bertz CT molecular complexity index is 532. The molecule has 2 N–H and O–H groups in total. The molecule has 2 aliphatic rings. The van der Waals surface area contributed by atoms with E-state index in [2.05, 4.69) is 5.32 Å². The molecule has 23 heavy (non-hydrogen) atoms. The van der Waals surface area contributed by atoms with E-state index in [1.54, 1.807) is 13.8 Å². The molecule has 1 aliphatic heterocycles. The predicted molar refractivity (Wildman–Crippen MR) is 90.9 cm³/mol. The van der Waals surface area contributed by atoms with Crippen LogP contribution >= 0.6 is 11.6 Å². The van der Waals surface area contributed by atoms with Gasteiger partial charge in [0.2, 0.25) is 0 Å². The molecule has 3 rings (SSSR count). The van der Waals surface area contributed by atoms with Gasteiger partial charge in [0.15, 0.2) is 0 Å². The number of nitrogens with one attached hydrogen (secondary N) is 1. The topological polar surface area (TPSA) is 50.7 Å². The van der Waals surface area contributed by atoms with Crippen molar-refractivity contribution in [2.75, 3.05) is 19.7 Å². The van der Waals surface area contributed by atoms with Crippen molar-refractivity contribution in [3.8, 4) is 5.75 Å². The summed E-state index contributed by atoms with van der Waals surface area (Å²) < 4.78 is 11.7. The van der Waals surface area contributed by atoms with Crippen molar-refractivity contribution in [1.82, 2.24) is 5.32 Å². The molecule has 0 amide bonds. The maximum Gasteiger partial charge on any atom is 0.138 e. The van der Waals surface area contributed by atoms with Crippen LogP contribution < -0.4 is 10.1 Å². The minimum Gasteiger partial charge on any atom is -0.489 e. The van der Waals surface area contributed by atoms with Gasteiger partial charge in [0.25, 0.3) is 0 Å². The van der Waals surface area contributed by atoms with Crippen LogP contribution in [0, 0.1) is 11.8 Å². The van der Waals surface area contributed by atoms with Gasteiger partial charge in [-0.05, 0) is 57.7 Å². The largest absolute Gasteiger partial charge is 0.489 e. The molecule has 1 aromatic carbocycles. The van der Waals surface area contributed by atoms with Crippen molar-refractivity contribution in [3.05, 3.63) is 28.8 Å².